The van der Waals surface area contributed by atoms with Gasteiger partial charge in [-0.25, -0.2) is 4.79 Å². The first kappa shape index (κ1) is 13.4. The van der Waals surface area contributed by atoms with E-state index in [1.54, 1.807) is 12.1 Å². The monoisotopic (exact) mass is 290 g/mol. The number of hydrogen-bond donors (Lipinski definition) is 3. The Balaban J connectivity index is 1.81. The van der Waals surface area contributed by atoms with Gasteiger partial charge in [-0.15, -0.1) is 0 Å². The van der Waals surface area contributed by atoms with Gasteiger partial charge >= 0.3 is 5.97 Å². The maximum absolute atomic E-state index is 12.2. The van der Waals surface area contributed by atoms with E-state index in [-0.39, 0.29) is 18.1 Å². The van der Waals surface area contributed by atoms with Crippen molar-refractivity contribution in [2.45, 2.75) is 24.8 Å². The molecule has 3 N–H and O–H groups in total. The van der Waals surface area contributed by atoms with Gasteiger partial charge in [-0.3, -0.25) is 9.59 Å². The van der Waals surface area contributed by atoms with Crippen LogP contribution in [0, 0.1) is 0 Å². The van der Waals surface area contributed by atoms with Gasteiger partial charge in [0.15, 0.2) is 6.61 Å². The van der Waals surface area contributed by atoms with E-state index in [9.17, 15) is 19.5 Å². The first-order valence-electron chi connectivity index (χ1n) is 6.63. The summed E-state index contributed by atoms with van der Waals surface area (Å²) in [5, 5.41) is 14.4. The van der Waals surface area contributed by atoms with Crippen LogP contribution in [0.5, 0.6) is 5.75 Å². The van der Waals surface area contributed by atoms with Gasteiger partial charge in [-0.2, -0.15) is 0 Å². The molecule has 2 aliphatic rings. The summed E-state index contributed by atoms with van der Waals surface area (Å²) in [6.45, 7) is -0.0549. The maximum Gasteiger partial charge on any atom is 0.329 e. The summed E-state index contributed by atoms with van der Waals surface area (Å²) in [4.78, 5) is 34.7. The molecular weight excluding hydrogens is 276 g/mol. The molecule has 21 heavy (non-hydrogen) atoms. The summed E-state index contributed by atoms with van der Waals surface area (Å²) < 4.78 is 5.20. The molecule has 3 rings (SSSR count). The second kappa shape index (κ2) is 4.76. The number of anilines is 1. The zero-order valence-electron chi connectivity index (χ0n) is 11.1. The van der Waals surface area contributed by atoms with Crippen molar-refractivity contribution in [2.24, 2.45) is 0 Å². The lowest BCUT2D eigenvalue weighted by atomic mass is 9.76. The highest BCUT2D eigenvalue weighted by Crippen LogP contribution is 2.33. The number of amides is 2. The van der Waals surface area contributed by atoms with Crippen LogP contribution in [-0.4, -0.2) is 35.0 Å². The Bertz CT molecular complexity index is 636. The average molecular weight is 290 g/mol. The third kappa shape index (κ3) is 2.31. The van der Waals surface area contributed by atoms with Crippen LogP contribution < -0.4 is 15.4 Å². The molecule has 0 unspecified atom stereocenters. The van der Waals surface area contributed by atoms with Crippen molar-refractivity contribution in [2.75, 3.05) is 11.9 Å². The molecule has 1 saturated carbocycles. The van der Waals surface area contributed by atoms with Gasteiger partial charge < -0.3 is 20.5 Å². The van der Waals surface area contributed by atoms with Crippen molar-refractivity contribution < 1.29 is 24.2 Å². The number of ether oxygens (including phenoxy) is 1. The van der Waals surface area contributed by atoms with E-state index in [0.717, 1.165) is 6.42 Å². The predicted molar refractivity (Wildman–Crippen MR) is 72.3 cm³/mol. The number of carboxylic acid groups (broad SMARTS) is 1. The second-order valence-electron chi connectivity index (χ2n) is 5.24. The number of hydrogen-bond acceptors (Lipinski definition) is 4. The lowest BCUT2D eigenvalue weighted by molar-refractivity contribution is -0.148. The summed E-state index contributed by atoms with van der Waals surface area (Å²) in [7, 11) is 0. The van der Waals surface area contributed by atoms with Crippen LogP contribution in [0.4, 0.5) is 5.69 Å². The van der Waals surface area contributed by atoms with E-state index in [0.29, 0.717) is 24.3 Å². The van der Waals surface area contributed by atoms with Crippen molar-refractivity contribution in [1.82, 2.24) is 5.32 Å². The highest BCUT2D eigenvalue weighted by Gasteiger charge is 2.45. The van der Waals surface area contributed by atoms with Gasteiger partial charge in [0.25, 0.3) is 11.8 Å². The molecule has 7 nitrogen and oxygen atoms in total. The van der Waals surface area contributed by atoms with Crippen LogP contribution >= 0.6 is 0 Å². The number of carboxylic acids is 1. The van der Waals surface area contributed by atoms with Crippen LogP contribution in [0.15, 0.2) is 18.2 Å². The van der Waals surface area contributed by atoms with Gasteiger partial charge in [-0.05, 0) is 37.5 Å². The molecule has 1 fully saturated rings. The fourth-order valence-electron chi connectivity index (χ4n) is 2.44. The quantitative estimate of drug-likeness (QED) is 0.762. The maximum atomic E-state index is 12.2. The lowest BCUT2D eigenvalue weighted by Crippen LogP contribution is -2.59. The number of benzene rings is 1. The summed E-state index contributed by atoms with van der Waals surface area (Å²) in [5.41, 5.74) is -0.462. The van der Waals surface area contributed by atoms with Crippen LogP contribution in [0.3, 0.4) is 0 Å². The Morgan fingerprint density at radius 2 is 2.10 bits per heavy atom. The zero-order chi connectivity index (χ0) is 15.0. The van der Waals surface area contributed by atoms with Gasteiger partial charge in [0, 0.05) is 5.56 Å². The number of rotatable bonds is 3. The molecule has 1 aliphatic carbocycles. The van der Waals surface area contributed by atoms with Crippen molar-refractivity contribution in [1.29, 1.82) is 0 Å². The van der Waals surface area contributed by atoms with Crippen molar-refractivity contribution in [3.05, 3.63) is 23.8 Å². The SMILES string of the molecule is O=C1COc2ccc(C(=O)NC3(C(=O)O)CCC3)cc2N1. The summed E-state index contributed by atoms with van der Waals surface area (Å²) in [6.07, 6.45) is 1.64. The molecule has 110 valence electrons. The number of fused-ring (bicyclic) bond motifs is 1. The largest absolute Gasteiger partial charge is 0.482 e. The van der Waals surface area contributed by atoms with E-state index in [2.05, 4.69) is 10.6 Å². The molecule has 0 radical (unpaired) electrons. The normalized spacial score (nSPS) is 18.6. The first-order valence-corrected chi connectivity index (χ1v) is 6.63. The van der Waals surface area contributed by atoms with Gasteiger partial charge in [0.2, 0.25) is 0 Å². The van der Waals surface area contributed by atoms with Crippen LogP contribution in [0.2, 0.25) is 0 Å². The van der Waals surface area contributed by atoms with Crippen LogP contribution in [0.25, 0.3) is 0 Å². The zero-order valence-corrected chi connectivity index (χ0v) is 11.1. The predicted octanol–water partition coefficient (Wildman–Crippen LogP) is 0.755. The Morgan fingerprint density at radius 3 is 2.71 bits per heavy atom. The molecule has 1 heterocycles. The van der Waals surface area contributed by atoms with Gasteiger partial charge in [0.1, 0.15) is 11.3 Å². The Hall–Kier alpha value is -2.57. The van der Waals surface area contributed by atoms with Crippen molar-refractivity contribution in [3.63, 3.8) is 0 Å². The molecule has 2 amide bonds. The minimum atomic E-state index is -1.16. The first-order chi connectivity index (χ1) is 10.00. The average Bonchev–Trinajstić information content (AvgIpc) is 2.41. The van der Waals surface area contributed by atoms with E-state index in [1.807, 2.05) is 0 Å². The highest BCUT2D eigenvalue weighted by molar-refractivity contribution is 6.01. The van der Waals surface area contributed by atoms with Gasteiger partial charge in [-0.1, -0.05) is 0 Å². The van der Waals surface area contributed by atoms with E-state index < -0.39 is 17.4 Å². The van der Waals surface area contributed by atoms with E-state index in [4.69, 9.17) is 4.74 Å². The number of carbonyl (C=O) groups excluding carboxylic acids is 2. The summed E-state index contributed by atoms with van der Waals surface area (Å²) in [6, 6.07) is 4.60. The van der Waals surface area contributed by atoms with Crippen LogP contribution in [0.1, 0.15) is 29.6 Å². The van der Waals surface area contributed by atoms with Crippen LogP contribution in [-0.2, 0) is 9.59 Å². The molecule has 1 aromatic carbocycles. The van der Waals surface area contributed by atoms with E-state index in [1.165, 1.54) is 6.07 Å². The lowest BCUT2D eigenvalue weighted by Gasteiger charge is -2.38. The molecular formula is C14H14N2O5. The molecule has 0 bridgehead atoms. The van der Waals surface area contributed by atoms with Gasteiger partial charge in [0.05, 0.1) is 5.69 Å². The number of nitrogens with one attached hydrogen (secondary N) is 2. The Kier molecular flexibility index (Phi) is 3.04. The summed E-state index contributed by atoms with van der Waals surface area (Å²) >= 11 is 0. The Labute approximate surface area is 120 Å². The minimum absolute atomic E-state index is 0.0549. The molecule has 1 aliphatic heterocycles. The smallest absolute Gasteiger partial charge is 0.329 e. The third-order valence-corrected chi connectivity index (χ3v) is 3.84. The third-order valence-electron chi connectivity index (χ3n) is 3.84. The topological polar surface area (TPSA) is 105 Å². The molecule has 0 saturated heterocycles. The van der Waals surface area contributed by atoms with Crippen molar-refractivity contribution in [3.8, 4) is 5.75 Å². The van der Waals surface area contributed by atoms with Crippen molar-refractivity contribution >= 4 is 23.5 Å². The molecule has 0 atom stereocenters. The standard InChI is InChI=1S/C14H14N2O5/c17-11-7-21-10-3-2-8(6-9(10)15-11)12(18)16-14(13(19)20)4-1-5-14/h2-3,6H,1,4-5,7H2,(H,15,17)(H,16,18)(H,19,20). The minimum Gasteiger partial charge on any atom is -0.482 e. The molecule has 0 aromatic heterocycles. The number of aliphatic carboxylic acids is 1. The highest BCUT2D eigenvalue weighted by atomic mass is 16.5. The fraction of sp³-hybridized carbons (Fsp3) is 0.357. The fourth-order valence-corrected chi connectivity index (χ4v) is 2.44. The Morgan fingerprint density at radius 1 is 1.33 bits per heavy atom. The van der Waals surface area contributed by atoms with E-state index >= 15 is 0 Å². The number of carbonyl (C=O) groups is 3. The summed E-state index contributed by atoms with van der Waals surface area (Å²) in [5.74, 6) is -1.29. The molecule has 7 heteroatoms. The molecule has 0 spiro atoms. The second-order valence-corrected chi connectivity index (χ2v) is 5.24. The molecule has 1 aromatic rings.